The summed E-state index contributed by atoms with van der Waals surface area (Å²) in [5.41, 5.74) is -0.766. The molecule has 6 nitrogen and oxygen atoms in total. The van der Waals surface area contributed by atoms with Crippen LogP contribution in [0.15, 0.2) is 29.3 Å². The number of halogens is 3. The quantitative estimate of drug-likeness (QED) is 0.397. The molecule has 1 aromatic rings. The molecule has 0 spiro atoms. The number of nitrogens with zero attached hydrogens (tertiary/aromatic N) is 2. The average molecular weight is 402 g/mol. The summed E-state index contributed by atoms with van der Waals surface area (Å²) < 4.78 is 49.3. The molecule has 0 aliphatic carbocycles. The van der Waals surface area contributed by atoms with Crippen molar-refractivity contribution in [2.45, 2.75) is 25.1 Å². The summed E-state index contributed by atoms with van der Waals surface area (Å²) >= 11 is 0. The third-order valence-corrected chi connectivity index (χ3v) is 4.61. The lowest BCUT2D eigenvalue weighted by atomic mass is 10.1. The number of guanidine groups is 1. The monoisotopic (exact) mass is 402 g/mol. The number of ether oxygens (including phenoxy) is 2. The molecule has 0 atom stereocenters. The van der Waals surface area contributed by atoms with Gasteiger partial charge in [0.1, 0.15) is 12.4 Å². The van der Waals surface area contributed by atoms with Gasteiger partial charge in [-0.1, -0.05) is 12.1 Å². The summed E-state index contributed by atoms with van der Waals surface area (Å²) in [6.07, 6.45) is -2.43. The highest BCUT2D eigenvalue weighted by Gasteiger charge is 2.33. The molecule has 0 saturated carbocycles. The molecule has 1 saturated heterocycles. The summed E-state index contributed by atoms with van der Waals surface area (Å²) in [7, 11) is 3.37. The van der Waals surface area contributed by atoms with Crippen LogP contribution >= 0.6 is 0 Å². The maximum absolute atomic E-state index is 13.0. The number of para-hydroxylation sites is 1. The van der Waals surface area contributed by atoms with Crippen molar-refractivity contribution in [1.29, 1.82) is 0 Å². The average Bonchev–Trinajstić information content (AvgIpc) is 2.69. The Balaban J connectivity index is 1.71. The normalized spacial score (nSPS) is 16.8. The minimum absolute atomic E-state index is 0.100. The van der Waals surface area contributed by atoms with E-state index in [0.717, 1.165) is 45.1 Å². The van der Waals surface area contributed by atoms with E-state index in [1.807, 2.05) is 0 Å². The Morgan fingerprint density at radius 3 is 2.57 bits per heavy atom. The minimum Gasteiger partial charge on any atom is -0.491 e. The van der Waals surface area contributed by atoms with E-state index in [0.29, 0.717) is 18.5 Å². The molecule has 158 valence electrons. The maximum atomic E-state index is 13.0. The molecule has 0 unspecified atom stereocenters. The van der Waals surface area contributed by atoms with Crippen LogP contribution in [0.25, 0.3) is 0 Å². The van der Waals surface area contributed by atoms with E-state index in [-0.39, 0.29) is 12.4 Å². The second-order valence-corrected chi connectivity index (χ2v) is 6.59. The smallest absolute Gasteiger partial charge is 0.419 e. The van der Waals surface area contributed by atoms with Crippen molar-refractivity contribution in [3.8, 4) is 5.75 Å². The van der Waals surface area contributed by atoms with Crippen molar-refractivity contribution < 1.29 is 22.6 Å². The summed E-state index contributed by atoms with van der Waals surface area (Å²) in [5, 5.41) is 6.45. The first-order valence-corrected chi connectivity index (χ1v) is 9.41. The Morgan fingerprint density at radius 1 is 1.21 bits per heavy atom. The van der Waals surface area contributed by atoms with Crippen LogP contribution in [-0.2, 0) is 10.9 Å². The first-order valence-electron chi connectivity index (χ1n) is 9.41. The van der Waals surface area contributed by atoms with Crippen molar-refractivity contribution in [3.05, 3.63) is 29.8 Å². The molecule has 1 heterocycles. The van der Waals surface area contributed by atoms with E-state index in [1.165, 1.54) is 18.2 Å². The topological polar surface area (TPSA) is 58.1 Å². The zero-order valence-electron chi connectivity index (χ0n) is 16.4. The summed E-state index contributed by atoms with van der Waals surface area (Å²) in [6.45, 7) is 4.11. The van der Waals surface area contributed by atoms with E-state index in [1.54, 1.807) is 14.2 Å². The SMILES string of the molecule is CN=C(NCCOc1ccccc1C(F)(F)F)NC1CCN(CCOC)CC1. The van der Waals surface area contributed by atoms with Crippen molar-refractivity contribution in [2.24, 2.45) is 4.99 Å². The Hall–Kier alpha value is -2.00. The van der Waals surface area contributed by atoms with Gasteiger partial charge in [-0.25, -0.2) is 0 Å². The number of benzene rings is 1. The molecule has 2 rings (SSSR count). The lowest BCUT2D eigenvalue weighted by Crippen LogP contribution is -2.49. The number of alkyl halides is 3. The standard InChI is InChI=1S/C19H29F3N4O2/c1-23-18(25-15-7-10-26(11-8-15)12-14-27-2)24-9-13-28-17-6-4-3-5-16(17)19(20,21)22/h3-6,15H,7-14H2,1-2H3,(H2,23,24,25). The highest BCUT2D eigenvalue weighted by atomic mass is 19.4. The van der Waals surface area contributed by atoms with E-state index < -0.39 is 11.7 Å². The lowest BCUT2D eigenvalue weighted by molar-refractivity contribution is -0.138. The van der Waals surface area contributed by atoms with E-state index in [9.17, 15) is 13.2 Å². The second-order valence-electron chi connectivity index (χ2n) is 6.59. The molecule has 1 aromatic carbocycles. The van der Waals surface area contributed by atoms with Crippen LogP contribution in [0.4, 0.5) is 13.2 Å². The van der Waals surface area contributed by atoms with Gasteiger partial charge in [0.2, 0.25) is 0 Å². The van der Waals surface area contributed by atoms with Gasteiger partial charge in [0.05, 0.1) is 18.7 Å². The number of aliphatic imine (C=N–C) groups is 1. The van der Waals surface area contributed by atoms with Crippen LogP contribution < -0.4 is 15.4 Å². The fourth-order valence-electron chi connectivity index (χ4n) is 3.07. The Labute approximate surface area is 164 Å². The molecule has 9 heteroatoms. The number of likely N-dealkylation sites (tertiary alicyclic amines) is 1. The molecule has 2 N–H and O–H groups in total. The number of hydrogen-bond acceptors (Lipinski definition) is 4. The number of nitrogens with one attached hydrogen (secondary N) is 2. The first-order chi connectivity index (χ1) is 13.4. The van der Waals surface area contributed by atoms with E-state index >= 15 is 0 Å². The van der Waals surface area contributed by atoms with Crippen LogP contribution in [0, 0.1) is 0 Å². The predicted molar refractivity (Wildman–Crippen MR) is 103 cm³/mol. The molecule has 1 aliphatic heterocycles. The Bertz CT molecular complexity index is 617. The Kier molecular flexibility index (Phi) is 8.85. The van der Waals surface area contributed by atoms with Gasteiger partial charge in [0.15, 0.2) is 5.96 Å². The van der Waals surface area contributed by atoms with Gasteiger partial charge in [-0.3, -0.25) is 4.99 Å². The first kappa shape index (κ1) is 22.3. The fraction of sp³-hybridized carbons (Fsp3) is 0.632. The molecule has 28 heavy (non-hydrogen) atoms. The molecule has 0 radical (unpaired) electrons. The molecule has 1 aliphatic rings. The number of hydrogen-bond donors (Lipinski definition) is 2. The van der Waals surface area contributed by atoms with Crippen molar-refractivity contribution in [1.82, 2.24) is 15.5 Å². The molecule has 0 amide bonds. The highest BCUT2D eigenvalue weighted by molar-refractivity contribution is 5.79. The number of rotatable bonds is 8. The van der Waals surface area contributed by atoms with Crippen LogP contribution in [0.2, 0.25) is 0 Å². The molecular weight excluding hydrogens is 373 g/mol. The number of piperidine rings is 1. The summed E-state index contributed by atoms with van der Waals surface area (Å²) in [4.78, 5) is 6.54. The third kappa shape index (κ3) is 7.20. The van der Waals surface area contributed by atoms with E-state index in [2.05, 4.69) is 20.5 Å². The molecule has 1 fully saturated rings. The molecular formula is C19H29F3N4O2. The lowest BCUT2D eigenvalue weighted by Gasteiger charge is -2.32. The van der Waals surface area contributed by atoms with Gasteiger partial charge in [0.25, 0.3) is 0 Å². The molecule has 0 bridgehead atoms. The Morgan fingerprint density at radius 2 is 1.93 bits per heavy atom. The van der Waals surface area contributed by atoms with Crippen LogP contribution in [0.5, 0.6) is 5.75 Å². The van der Waals surface area contributed by atoms with Gasteiger partial charge in [-0.2, -0.15) is 13.2 Å². The van der Waals surface area contributed by atoms with Gasteiger partial charge in [-0.05, 0) is 25.0 Å². The van der Waals surface area contributed by atoms with Gasteiger partial charge >= 0.3 is 6.18 Å². The van der Waals surface area contributed by atoms with Gasteiger partial charge in [0, 0.05) is 39.8 Å². The molecule has 0 aromatic heterocycles. The third-order valence-electron chi connectivity index (χ3n) is 4.61. The van der Waals surface area contributed by atoms with Crippen molar-refractivity contribution >= 4 is 5.96 Å². The van der Waals surface area contributed by atoms with Crippen molar-refractivity contribution in [3.63, 3.8) is 0 Å². The van der Waals surface area contributed by atoms with Crippen LogP contribution in [0.3, 0.4) is 0 Å². The fourth-order valence-corrected chi connectivity index (χ4v) is 3.07. The van der Waals surface area contributed by atoms with Crippen molar-refractivity contribution in [2.75, 3.05) is 53.6 Å². The van der Waals surface area contributed by atoms with Crippen LogP contribution in [0.1, 0.15) is 18.4 Å². The largest absolute Gasteiger partial charge is 0.491 e. The zero-order chi connectivity index (χ0) is 20.4. The van der Waals surface area contributed by atoms with Gasteiger partial charge < -0.3 is 25.0 Å². The van der Waals surface area contributed by atoms with Crippen LogP contribution in [-0.4, -0.2) is 70.5 Å². The second kappa shape index (κ2) is 11.1. The predicted octanol–water partition coefficient (Wildman–Crippen LogP) is 2.36. The minimum atomic E-state index is -4.43. The van der Waals surface area contributed by atoms with E-state index in [4.69, 9.17) is 9.47 Å². The number of methoxy groups -OCH3 is 1. The van der Waals surface area contributed by atoms with Gasteiger partial charge in [-0.15, -0.1) is 0 Å². The maximum Gasteiger partial charge on any atom is 0.419 e. The highest BCUT2D eigenvalue weighted by Crippen LogP contribution is 2.35. The summed E-state index contributed by atoms with van der Waals surface area (Å²) in [6, 6.07) is 5.53. The zero-order valence-corrected chi connectivity index (χ0v) is 16.4. The summed E-state index contributed by atoms with van der Waals surface area (Å²) in [5.74, 6) is 0.464.